The highest BCUT2D eigenvalue weighted by atomic mass is 16.4. The van der Waals surface area contributed by atoms with E-state index in [9.17, 15) is 9.59 Å². The van der Waals surface area contributed by atoms with Crippen LogP contribution in [0.4, 0.5) is 0 Å². The first kappa shape index (κ1) is 19.6. The van der Waals surface area contributed by atoms with E-state index < -0.39 is 11.5 Å². The summed E-state index contributed by atoms with van der Waals surface area (Å²) in [7, 11) is 0. The first-order chi connectivity index (χ1) is 13.2. The van der Waals surface area contributed by atoms with Crippen LogP contribution >= 0.6 is 0 Å². The fourth-order valence-electron chi connectivity index (χ4n) is 2.99. The molecule has 0 saturated carbocycles. The van der Waals surface area contributed by atoms with Crippen LogP contribution in [0.2, 0.25) is 0 Å². The van der Waals surface area contributed by atoms with Gasteiger partial charge in [-0.1, -0.05) is 0 Å². The van der Waals surface area contributed by atoms with E-state index in [0.717, 1.165) is 0 Å². The molecule has 0 unspecified atom stereocenters. The lowest BCUT2D eigenvalue weighted by molar-refractivity contribution is -0.137. The van der Waals surface area contributed by atoms with Gasteiger partial charge in [0.25, 0.3) is 5.91 Å². The smallest absolute Gasteiger partial charge is 0.303 e. The zero-order valence-corrected chi connectivity index (χ0v) is 16.4. The van der Waals surface area contributed by atoms with E-state index in [4.69, 9.17) is 9.52 Å². The summed E-state index contributed by atoms with van der Waals surface area (Å²) in [5.41, 5.74) is 0.877. The monoisotopic (exact) mass is 384 g/mol. The van der Waals surface area contributed by atoms with Crippen LogP contribution in [0.15, 0.2) is 35.1 Å². The average molecular weight is 384 g/mol. The number of carbonyl (C=O) groups is 2. The maximum atomic E-state index is 13.1. The predicted octanol–water partition coefficient (Wildman–Crippen LogP) is 3.65. The van der Waals surface area contributed by atoms with Crippen molar-refractivity contribution < 1.29 is 19.1 Å². The maximum absolute atomic E-state index is 13.1. The van der Waals surface area contributed by atoms with Crippen molar-refractivity contribution >= 4 is 22.9 Å². The minimum atomic E-state index is -0.896. The summed E-state index contributed by atoms with van der Waals surface area (Å²) < 4.78 is 7.21. The molecule has 0 aromatic carbocycles. The predicted molar refractivity (Wildman–Crippen MR) is 104 cm³/mol. The lowest BCUT2D eigenvalue weighted by Gasteiger charge is -2.26. The first-order valence-electron chi connectivity index (χ1n) is 9.14. The SMILES string of the molecule is CC(C)n1ncc2c(C(=O)NC(C)(C)CCC(=O)O)cc(-c3ccco3)nc21. The van der Waals surface area contributed by atoms with Gasteiger partial charge in [0.1, 0.15) is 5.69 Å². The Kier molecular flexibility index (Phi) is 5.22. The molecule has 8 heteroatoms. The van der Waals surface area contributed by atoms with Crippen molar-refractivity contribution in [2.24, 2.45) is 0 Å². The van der Waals surface area contributed by atoms with Gasteiger partial charge in [0, 0.05) is 18.0 Å². The van der Waals surface area contributed by atoms with Crippen LogP contribution < -0.4 is 5.32 Å². The summed E-state index contributed by atoms with van der Waals surface area (Å²) in [5, 5.41) is 16.9. The third-order valence-electron chi connectivity index (χ3n) is 4.49. The molecule has 8 nitrogen and oxygen atoms in total. The Balaban J connectivity index is 2.04. The standard InChI is InChI=1S/C20H24N4O4/c1-12(2)24-18-14(11-21-24)13(10-15(22-18)16-6-5-9-28-16)19(27)23-20(3,4)8-7-17(25)26/h5-6,9-12H,7-8H2,1-4H3,(H,23,27)(H,25,26). The second-order valence-electron chi connectivity index (χ2n) is 7.68. The molecule has 0 spiro atoms. The van der Waals surface area contributed by atoms with Crippen molar-refractivity contribution in [1.82, 2.24) is 20.1 Å². The number of nitrogens with zero attached hydrogens (tertiary/aromatic N) is 3. The number of carboxylic acid groups (broad SMARTS) is 1. The van der Waals surface area contributed by atoms with E-state index in [2.05, 4.69) is 15.4 Å². The van der Waals surface area contributed by atoms with Crippen LogP contribution in [0.25, 0.3) is 22.5 Å². The van der Waals surface area contributed by atoms with Gasteiger partial charge in [0.15, 0.2) is 11.4 Å². The number of pyridine rings is 1. The zero-order valence-electron chi connectivity index (χ0n) is 16.4. The normalized spacial score (nSPS) is 11.9. The Bertz CT molecular complexity index is 1000. The summed E-state index contributed by atoms with van der Waals surface area (Å²) in [6.07, 6.45) is 3.48. The van der Waals surface area contributed by atoms with Crippen LogP contribution in [0.3, 0.4) is 0 Å². The van der Waals surface area contributed by atoms with E-state index in [0.29, 0.717) is 34.5 Å². The molecule has 0 saturated heterocycles. The maximum Gasteiger partial charge on any atom is 0.303 e. The molecule has 0 aliphatic carbocycles. The van der Waals surface area contributed by atoms with E-state index in [1.807, 2.05) is 13.8 Å². The Morgan fingerprint density at radius 1 is 1.36 bits per heavy atom. The van der Waals surface area contributed by atoms with Gasteiger partial charge < -0.3 is 14.8 Å². The van der Waals surface area contributed by atoms with Crippen LogP contribution in [-0.2, 0) is 4.79 Å². The van der Waals surface area contributed by atoms with Crippen molar-refractivity contribution in [1.29, 1.82) is 0 Å². The highest BCUT2D eigenvalue weighted by Gasteiger charge is 2.25. The number of aromatic nitrogens is 3. The molecule has 0 aliphatic heterocycles. The van der Waals surface area contributed by atoms with Gasteiger partial charge in [-0.3, -0.25) is 9.59 Å². The highest BCUT2D eigenvalue weighted by molar-refractivity contribution is 6.06. The number of aliphatic carboxylic acids is 1. The molecule has 0 atom stereocenters. The van der Waals surface area contributed by atoms with Gasteiger partial charge in [0.05, 0.1) is 23.4 Å². The molecule has 3 heterocycles. The van der Waals surface area contributed by atoms with Crippen molar-refractivity contribution in [2.45, 2.75) is 52.1 Å². The van der Waals surface area contributed by atoms with Crippen LogP contribution in [0.1, 0.15) is 56.9 Å². The van der Waals surface area contributed by atoms with Crippen molar-refractivity contribution in [2.75, 3.05) is 0 Å². The van der Waals surface area contributed by atoms with E-state index in [-0.39, 0.29) is 18.4 Å². The van der Waals surface area contributed by atoms with Crippen LogP contribution in [-0.4, -0.2) is 37.3 Å². The van der Waals surface area contributed by atoms with Gasteiger partial charge in [-0.05, 0) is 52.3 Å². The van der Waals surface area contributed by atoms with E-state index in [1.54, 1.807) is 49.2 Å². The van der Waals surface area contributed by atoms with Crippen LogP contribution in [0, 0.1) is 0 Å². The van der Waals surface area contributed by atoms with E-state index >= 15 is 0 Å². The topological polar surface area (TPSA) is 110 Å². The highest BCUT2D eigenvalue weighted by Crippen LogP contribution is 2.27. The number of nitrogens with one attached hydrogen (secondary N) is 1. The molecule has 0 bridgehead atoms. The third-order valence-corrected chi connectivity index (χ3v) is 4.49. The number of fused-ring (bicyclic) bond motifs is 1. The summed E-state index contributed by atoms with van der Waals surface area (Å²) in [5.74, 6) is -0.650. The van der Waals surface area contributed by atoms with Gasteiger partial charge in [0.2, 0.25) is 0 Å². The molecule has 3 aromatic rings. The fourth-order valence-corrected chi connectivity index (χ4v) is 2.99. The molecule has 3 aromatic heterocycles. The summed E-state index contributed by atoms with van der Waals surface area (Å²) in [6, 6.07) is 5.29. The molecular weight excluding hydrogens is 360 g/mol. The Labute approximate surface area is 162 Å². The molecule has 0 aliphatic rings. The average Bonchev–Trinajstić information content (AvgIpc) is 3.28. The number of amides is 1. The number of hydrogen-bond acceptors (Lipinski definition) is 5. The minimum absolute atomic E-state index is 0.0258. The summed E-state index contributed by atoms with van der Waals surface area (Å²) >= 11 is 0. The molecule has 2 N–H and O–H groups in total. The second-order valence-corrected chi connectivity index (χ2v) is 7.68. The lowest BCUT2D eigenvalue weighted by atomic mass is 9.97. The van der Waals surface area contributed by atoms with Gasteiger partial charge in [-0.2, -0.15) is 5.10 Å². The third kappa shape index (κ3) is 4.05. The molecular formula is C20H24N4O4. The molecule has 0 radical (unpaired) electrons. The number of hydrogen-bond donors (Lipinski definition) is 2. The zero-order chi connectivity index (χ0) is 20.5. The van der Waals surface area contributed by atoms with Gasteiger partial charge >= 0.3 is 5.97 Å². The van der Waals surface area contributed by atoms with E-state index in [1.165, 1.54) is 0 Å². The molecule has 148 valence electrons. The minimum Gasteiger partial charge on any atom is -0.481 e. The number of carboxylic acids is 1. The largest absolute Gasteiger partial charge is 0.481 e. The van der Waals surface area contributed by atoms with Gasteiger partial charge in [-0.25, -0.2) is 9.67 Å². The van der Waals surface area contributed by atoms with Crippen molar-refractivity contribution in [3.05, 3.63) is 36.2 Å². The lowest BCUT2D eigenvalue weighted by Crippen LogP contribution is -2.43. The quantitative estimate of drug-likeness (QED) is 0.643. The second kappa shape index (κ2) is 7.46. The fraction of sp³-hybridized carbons (Fsp3) is 0.400. The summed E-state index contributed by atoms with van der Waals surface area (Å²) in [4.78, 5) is 28.6. The first-order valence-corrected chi connectivity index (χ1v) is 9.14. The van der Waals surface area contributed by atoms with Crippen molar-refractivity contribution in [3.63, 3.8) is 0 Å². The summed E-state index contributed by atoms with van der Waals surface area (Å²) in [6.45, 7) is 7.58. The number of rotatable bonds is 7. The number of furan rings is 1. The molecule has 0 fully saturated rings. The Morgan fingerprint density at radius 2 is 2.11 bits per heavy atom. The molecule has 1 amide bonds. The number of carbonyl (C=O) groups excluding carboxylic acids is 1. The Hall–Kier alpha value is -3.16. The van der Waals surface area contributed by atoms with Gasteiger partial charge in [-0.15, -0.1) is 0 Å². The molecule has 28 heavy (non-hydrogen) atoms. The van der Waals surface area contributed by atoms with Crippen LogP contribution in [0.5, 0.6) is 0 Å². The molecule has 3 rings (SSSR count). The Morgan fingerprint density at radius 3 is 2.71 bits per heavy atom. The van der Waals surface area contributed by atoms with Crippen molar-refractivity contribution in [3.8, 4) is 11.5 Å².